The van der Waals surface area contributed by atoms with Gasteiger partial charge in [-0.3, -0.25) is 0 Å². The van der Waals surface area contributed by atoms with Crippen LogP contribution in [0.2, 0.25) is 0 Å². The van der Waals surface area contributed by atoms with E-state index in [0.717, 1.165) is 38.5 Å². The highest BCUT2D eigenvalue weighted by atomic mass is 14.3. The SMILES string of the molecule is c1ccc(CCc2ccc3c(c2-c2c4ccccc4c(-c4c(CCc5ccccc5)ccc5c4Cc4ccccc4-5)c4ccccc24)Cc2ccccc2-3)cc1. The van der Waals surface area contributed by atoms with Gasteiger partial charge in [0.1, 0.15) is 0 Å². The first-order chi connectivity index (χ1) is 27.8. The molecule has 56 heavy (non-hydrogen) atoms. The maximum atomic E-state index is 2.44. The molecule has 0 bridgehead atoms. The van der Waals surface area contributed by atoms with Gasteiger partial charge in [0.05, 0.1) is 0 Å². The first kappa shape index (κ1) is 32.9. The van der Waals surface area contributed by atoms with E-state index < -0.39 is 0 Å². The molecule has 0 N–H and O–H groups in total. The summed E-state index contributed by atoms with van der Waals surface area (Å²) in [4.78, 5) is 0. The first-order valence-electron chi connectivity index (χ1n) is 20.3. The zero-order valence-corrected chi connectivity index (χ0v) is 31.6. The van der Waals surface area contributed by atoms with Crippen molar-refractivity contribution < 1.29 is 0 Å². The largest absolute Gasteiger partial charge is 0.0622 e. The second-order valence-corrected chi connectivity index (χ2v) is 15.7. The Labute approximate surface area is 329 Å². The molecule has 0 fully saturated rings. The van der Waals surface area contributed by atoms with E-state index in [1.807, 2.05) is 0 Å². The average Bonchev–Trinajstić information content (AvgIpc) is 3.83. The Morgan fingerprint density at radius 3 is 1.04 bits per heavy atom. The van der Waals surface area contributed by atoms with Gasteiger partial charge in [0.15, 0.2) is 0 Å². The zero-order chi connectivity index (χ0) is 37.0. The highest BCUT2D eigenvalue weighted by molar-refractivity contribution is 6.23. The van der Waals surface area contributed by atoms with E-state index in [0.29, 0.717) is 0 Å². The number of hydrogen-bond donors (Lipinski definition) is 0. The molecule has 0 radical (unpaired) electrons. The van der Waals surface area contributed by atoms with Gasteiger partial charge in [-0.15, -0.1) is 0 Å². The average molecular weight is 715 g/mol. The summed E-state index contributed by atoms with van der Waals surface area (Å²) in [5.74, 6) is 0. The van der Waals surface area contributed by atoms with Crippen LogP contribution in [0.15, 0.2) is 182 Å². The number of aryl methyl sites for hydroxylation is 4. The fourth-order valence-corrected chi connectivity index (χ4v) is 10.1. The minimum atomic E-state index is 0.957. The maximum absolute atomic E-state index is 2.44. The smallest absolute Gasteiger partial charge is 0.000718 e. The van der Waals surface area contributed by atoms with Crippen molar-refractivity contribution in [2.24, 2.45) is 0 Å². The van der Waals surface area contributed by atoms with Crippen LogP contribution in [0.1, 0.15) is 44.5 Å². The normalized spacial score (nSPS) is 12.4. The minimum absolute atomic E-state index is 0.957. The number of benzene rings is 9. The van der Waals surface area contributed by atoms with Gasteiger partial charge in [0.25, 0.3) is 0 Å². The molecule has 0 nitrogen and oxygen atoms in total. The summed E-state index contributed by atoms with van der Waals surface area (Å²) in [5, 5.41) is 5.37. The van der Waals surface area contributed by atoms with Gasteiger partial charge in [-0.05, 0) is 149 Å². The fraction of sp³-hybridized carbons (Fsp3) is 0.107. The zero-order valence-electron chi connectivity index (χ0n) is 31.6. The Morgan fingerprint density at radius 2 is 0.625 bits per heavy atom. The molecule has 0 amide bonds. The topological polar surface area (TPSA) is 0 Å². The molecular formula is C56H42. The van der Waals surface area contributed by atoms with Gasteiger partial charge >= 0.3 is 0 Å². The van der Waals surface area contributed by atoms with Crippen LogP contribution in [-0.4, -0.2) is 0 Å². The van der Waals surface area contributed by atoms with Crippen molar-refractivity contribution in [3.63, 3.8) is 0 Å². The van der Waals surface area contributed by atoms with Crippen LogP contribution in [0.3, 0.4) is 0 Å². The predicted octanol–water partition coefficient (Wildman–Crippen LogP) is 14.0. The Kier molecular flexibility index (Phi) is 8.02. The first-order valence-corrected chi connectivity index (χ1v) is 20.3. The van der Waals surface area contributed by atoms with Crippen LogP contribution in [0.25, 0.3) is 66.1 Å². The second kappa shape index (κ2) is 13.7. The van der Waals surface area contributed by atoms with Crippen LogP contribution in [0.4, 0.5) is 0 Å². The third-order valence-electron chi connectivity index (χ3n) is 12.6. The van der Waals surface area contributed by atoms with E-state index in [-0.39, 0.29) is 0 Å². The molecule has 0 aliphatic heterocycles. The molecule has 0 saturated heterocycles. The standard InChI is InChI=1S/C56H42/c1-3-15-37(16-4-1)27-29-39-31-33-45-43-21-9-7-19-41(43)35-51(45)53(39)55-47-23-11-13-25-49(47)56(50-26-14-12-24-48(50)55)54-40(30-28-38-17-5-2-6-18-38)32-34-46-44-22-10-8-20-42(44)36-52(46)54/h1-26,31-34H,27-30,35-36H2. The minimum Gasteiger partial charge on any atom is -0.0622 e. The molecule has 0 spiro atoms. The van der Waals surface area contributed by atoms with Crippen molar-refractivity contribution in [2.45, 2.75) is 38.5 Å². The molecule has 0 heteroatoms. The highest BCUT2D eigenvalue weighted by Crippen LogP contribution is 2.52. The summed E-state index contributed by atoms with van der Waals surface area (Å²) in [6, 6.07) is 68.5. The Morgan fingerprint density at radius 1 is 0.268 bits per heavy atom. The molecule has 9 aromatic carbocycles. The molecular weight excluding hydrogens is 673 g/mol. The number of fused-ring (bicyclic) bond motifs is 8. The molecule has 0 saturated carbocycles. The maximum Gasteiger partial charge on any atom is -0.000718 e. The van der Waals surface area contributed by atoms with Crippen LogP contribution < -0.4 is 0 Å². The molecule has 0 atom stereocenters. The molecule has 9 aromatic rings. The summed E-state index contributed by atoms with van der Waals surface area (Å²) in [5.41, 5.74) is 22.6. The van der Waals surface area contributed by atoms with Crippen molar-refractivity contribution in [1.82, 2.24) is 0 Å². The molecule has 0 heterocycles. The number of rotatable bonds is 8. The van der Waals surface area contributed by atoms with Gasteiger partial charge in [-0.25, -0.2) is 0 Å². The third-order valence-corrected chi connectivity index (χ3v) is 12.6. The van der Waals surface area contributed by atoms with Crippen LogP contribution >= 0.6 is 0 Å². The van der Waals surface area contributed by atoms with Crippen molar-refractivity contribution in [2.75, 3.05) is 0 Å². The Hall–Kier alpha value is -6.50. The molecule has 2 aliphatic carbocycles. The molecule has 2 aliphatic rings. The number of hydrogen-bond acceptors (Lipinski definition) is 0. The summed E-state index contributed by atoms with van der Waals surface area (Å²) in [6.45, 7) is 0. The van der Waals surface area contributed by atoms with E-state index in [2.05, 4.69) is 182 Å². The third kappa shape index (κ3) is 5.43. The highest BCUT2D eigenvalue weighted by Gasteiger charge is 2.29. The van der Waals surface area contributed by atoms with Gasteiger partial charge in [-0.2, -0.15) is 0 Å². The van der Waals surface area contributed by atoms with E-state index >= 15 is 0 Å². The van der Waals surface area contributed by atoms with E-state index in [9.17, 15) is 0 Å². The fourth-order valence-electron chi connectivity index (χ4n) is 10.1. The van der Waals surface area contributed by atoms with Gasteiger partial charge < -0.3 is 0 Å². The Balaban J connectivity index is 1.19. The van der Waals surface area contributed by atoms with Crippen molar-refractivity contribution in [3.8, 4) is 44.5 Å². The predicted molar refractivity (Wildman–Crippen MR) is 237 cm³/mol. The summed E-state index contributed by atoms with van der Waals surface area (Å²) < 4.78 is 0. The van der Waals surface area contributed by atoms with Crippen LogP contribution in [0, 0.1) is 0 Å². The lowest BCUT2D eigenvalue weighted by Crippen LogP contribution is -2.03. The quantitative estimate of drug-likeness (QED) is 0.138. The summed E-state index contributed by atoms with van der Waals surface area (Å²) in [7, 11) is 0. The van der Waals surface area contributed by atoms with E-state index in [1.54, 1.807) is 0 Å². The second-order valence-electron chi connectivity index (χ2n) is 15.7. The van der Waals surface area contributed by atoms with E-state index in [4.69, 9.17) is 0 Å². The van der Waals surface area contributed by atoms with E-state index in [1.165, 1.54) is 111 Å². The van der Waals surface area contributed by atoms with Gasteiger partial charge in [0, 0.05) is 0 Å². The summed E-state index contributed by atoms with van der Waals surface area (Å²) >= 11 is 0. The van der Waals surface area contributed by atoms with Crippen LogP contribution in [-0.2, 0) is 38.5 Å². The van der Waals surface area contributed by atoms with Gasteiger partial charge in [0.2, 0.25) is 0 Å². The van der Waals surface area contributed by atoms with Gasteiger partial charge in [-0.1, -0.05) is 182 Å². The molecule has 266 valence electrons. The monoisotopic (exact) mass is 714 g/mol. The van der Waals surface area contributed by atoms with Crippen LogP contribution in [0.5, 0.6) is 0 Å². The lowest BCUT2D eigenvalue weighted by atomic mass is 9.79. The van der Waals surface area contributed by atoms with Crippen molar-refractivity contribution in [3.05, 3.63) is 226 Å². The lowest BCUT2D eigenvalue weighted by Gasteiger charge is -2.24. The lowest BCUT2D eigenvalue weighted by molar-refractivity contribution is 0.960. The molecule has 11 rings (SSSR count). The summed E-state index contributed by atoms with van der Waals surface area (Å²) in [6.07, 6.45) is 5.91. The Bertz CT molecular complexity index is 2690. The van der Waals surface area contributed by atoms with Crippen molar-refractivity contribution in [1.29, 1.82) is 0 Å². The molecule has 0 unspecified atom stereocenters. The molecule has 0 aromatic heterocycles. The van der Waals surface area contributed by atoms with Crippen molar-refractivity contribution >= 4 is 21.5 Å².